The molecule has 7 nitrogen and oxygen atoms in total. The Morgan fingerprint density at radius 2 is 1.77 bits per heavy atom. The summed E-state index contributed by atoms with van der Waals surface area (Å²) in [5, 5.41) is 2.62. The predicted octanol–water partition coefficient (Wildman–Crippen LogP) is 4.25. The fourth-order valence-electron chi connectivity index (χ4n) is 2.57. The third-order valence-electron chi connectivity index (χ3n) is 4.18. The molecule has 2 aromatic carbocycles. The number of rotatable bonds is 8. The number of hydrogen-bond donors (Lipinski definition) is 1. The van der Waals surface area contributed by atoms with E-state index in [1.807, 2.05) is 30.3 Å². The van der Waals surface area contributed by atoms with Crippen molar-refractivity contribution >= 4 is 23.3 Å². The zero-order chi connectivity index (χ0) is 21.5. The van der Waals surface area contributed by atoms with Gasteiger partial charge in [-0.15, -0.1) is 0 Å². The molecule has 0 unspecified atom stereocenters. The first kappa shape index (κ1) is 20.9. The zero-order valence-electron chi connectivity index (χ0n) is 16.6. The minimum absolute atomic E-state index is 0.0279. The number of ether oxygens (including phenoxy) is 2. The standard InChI is InChI=1S/C23H21NO6/c1-15(25)17-7-6-8-18(13-17)24-22(26)16(2)29-23(27)21-12-11-20(30-21)14-28-19-9-4-3-5-10-19/h3-13,16H,14H2,1-2H3,(H,24,26)/t16-/m1/s1. The number of Topliss-reactive ketones (excluding diaryl/α,β-unsaturated/α-hetero) is 1. The number of hydrogen-bond acceptors (Lipinski definition) is 6. The van der Waals surface area contributed by atoms with E-state index in [4.69, 9.17) is 13.9 Å². The van der Waals surface area contributed by atoms with E-state index in [2.05, 4.69) is 5.32 Å². The van der Waals surface area contributed by atoms with E-state index in [0.717, 1.165) is 0 Å². The number of carbonyl (C=O) groups is 3. The third kappa shape index (κ3) is 5.57. The van der Waals surface area contributed by atoms with Gasteiger partial charge in [0.2, 0.25) is 5.76 Å². The molecule has 3 rings (SSSR count). The van der Waals surface area contributed by atoms with Crippen LogP contribution < -0.4 is 10.1 Å². The van der Waals surface area contributed by atoms with Gasteiger partial charge < -0.3 is 19.2 Å². The van der Waals surface area contributed by atoms with Crippen LogP contribution in [0, 0.1) is 0 Å². The van der Waals surface area contributed by atoms with Gasteiger partial charge >= 0.3 is 5.97 Å². The molecule has 0 fully saturated rings. The number of furan rings is 1. The van der Waals surface area contributed by atoms with Crippen molar-refractivity contribution < 1.29 is 28.3 Å². The maximum Gasteiger partial charge on any atom is 0.375 e. The Bertz CT molecular complexity index is 1040. The number of ketones is 1. The minimum Gasteiger partial charge on any atom is -0.486 e. The van der Waals surface area contributed by atoms with E-state index in [1.54, 1.807) is 30.3 Å². The molecular weight excluding hydrogens is 386 g/mol. The Hall–Kier alpha value is -3.87. The van der Waals surface area contributed by atoms with Crippen LogP contribution in [0.5, 0.6) is 5.75 Å². The van der Waals surface area contributed by atoms with Crippen LogP contribution in [0.2, 0.25) is 0 Å². The fraction of sp³-hybridized carbons (Fsp3) is 0.174. The van der Waals surface area contributed by atoms with E-state index in [1.165, 1.54) is 19.9 Å². The summed E-state index contributed by atoms with van der Waals surface area (Å²) in [4.78, 5) is 36.0. The van der Waals surface area contributed by atoms with Crippen molar-refractivity contribution in [2.75, 3.05) is 5.32 Å². The summed E-state index contributed by atoms with van der Waals surface area (Å²) in [5.74, 6) is -0.305. The van der Waals surface area contributed by atoms with Crippen molar-refractivity contribution in [2.24, 2.45) is 0 Å². The summed E-state index contributed by atoms with van der Waals surface area (Å²) in [6.45, 7) is 3.04. The monoisotopic (exact) mass is 407 g/mol. The second-order valence-electron chi connectivity index (χ2n) is 6.54. The minimum atomic E-state index is -1.06. The lowest BCUT2D eigenvalue weighted by atomic mass is 10.1. The molecule has 1 atom stereocenters. The molecule has 3 aromatic rings. The van der Waals surface area contributed by atoms with Crippen molar-refractivity contribution in [1.82, 2.24) is 0 Å². The van der Waals surface area contributed by atoms with Crippen LogP contribution in [-0.2, 0) is 16.1 Å². The SMILES string of the molecule is CC(=O)c1cccc(NC(=O)[C@@H](C)OC(=O)c2ccc(COc3ccccc3)o2)c1. The van der Waals surface area contributed by atoms with Gasteiger partial charge in [0.15, 0.2) is 11.9 Å². The number of amides is 1. The Morgan fingerprint density at radius 3 is 2.50 bits per heavy atom. The quantitative estimate of drug-likeness (QED) is 0.443. The molecule has 0 saturated heterocycles. The predicted molar refractivity (Wildman–Crippen MR) is 109 cm³/mol. The molecular formula is C23H21NO6. The molecule has 0 aliphatic carbocycles. The molecule has 0 aliphatic rings. The first-order valence-electron chi connectivity index (χ1n) is 9.32. The zero-order valence-corrected chi connectivity index (χ0v) is 16.6. The normalized spacial score (nSPS) is 11.4. The Kier molecular flexibility index (Phi) is 6.64. The summed E-state index contributed by atoms with van der Waals surface area (Å²) < 4.78 is 16.2. The second kappa shape index (κ2) is 9.56. The highest BCUT2D eigenvalue weighted by Crippen LogP contribution is 2.16. The van der Waals surface area contributed by atoms with Gasteiger partial charge in [0.05, 0.1) is 0 Å². The number of benzene rings is 2. The molecule has 0 saturated carbocycles. The number of para-hydroxylation sites is 1. The van der Waals surface area contributed by atoms with E-state index in [9.17, 15) is 14.4 Å². The van der Waals surface area contributed by atoms with E-state index >= 15 is 0 Å². The first-order valence-corrected chi connectivity index (χ1v) is 9.32. The summed E-state index contributed by atoms with van der Waals surface area (Å²) in [7, 11) is 0. The van der Waals surface area contributed by atoms with Crippen LogP contribution in [0.4, 0.5) is 5.69 Å². The maximum absolute atomic E-state index is 12.3. The van der Waals surface area contributed by atoms with Crippen molar-refractivity contribution in [3.8, 4) is 5.75 Å². The molecule has 1 N–H and O–H groups in total. The lowest BCUT2D eigenvalue weighted by molar-refractivity contribution is -0.123. The second-order valence-corrected chi connectivity index (χ2v) is 6.54. The Labute approximate surface area is 173 Å². The average molecular weight is 407 g/mol. The summed E-state index contributed by atoms with van der Waals surface area (Å²) in [6, 6.07) is 18.8. The van der Waals surface area contributed by atoms with Crippen LogP contribution in [0.25, 0.3) is 0 Å². The molecule has 1 amide bonds. The molecule has 0 aliphatic heterocycles. The molecule has 0 spiro atoms. The number of esters is 1. The van der Waals surface area contributed by atoms with Gasteiger partial charge in [-0.2, -0.15) is 0 Å². The van der Waals surface area contributed by atoms with Crippen molar-refractivity contribution in [3.63, 3.8) is 0 Å². The maximum atomic E-state index is 12.3. The number of carbonyl (C=O) groups excluding carboxylic acids is 3. The Morgan fingerprint density at radius 1 is 1.00 bits per heavy atom. The van der Waals surface area contributed by atoms with Gasteiger partial charge in [0.1, 0.15) is 18.1 Å². The topological polar surface area (TPSA) is 94.8 Å². The van der Waals surface area contributed by atoms with Crippen LogP contribution >= 0.6 is 0 Å². The number of nitrogens with one attached hydrogen (secondary N) is 1. The van der Waals surface area contributed by atoms with Gasteiger partial charge in [-0.1, -0.05) is 30.3 Å². The van der Waals surface area contributed by atoms with Crippen LogP contribution in [-0.4, -0.2) is 23.8 Å². The highest BCUT2D eigenvalue weighted by atomic mass is 16.6. The molecule has 7 heteroatoms. The molecule has 30 heavy (non-hydrogen) atoms. The van der Waals surface area contributed by atoms with Gasteiger partial charge in [-0.3, -0.25) is 9.59 Å². The van der Waals surface area contributed by atoms with E-state index in [0.29, 0.717) is 22.8 Å². The molecule has 154 valence electrons. The van der Waals surface area contributed by atoms with Crippen LogP contribution in [0.1, 0.15) is 40.5 Å². The smallest absolute Gasteiger partial charge is 0.375 e. The Balaban J connectivity index is 1.53. The highest BCUT2D eigenvalue weighted by Gasteiger charge is 2.21. The van der Waals surface area contributed by atoms with E-state index < -0.39 is 18.0 Å². The highest BCUT2D eigenvalue weighted by molar-refractivity contribution is 5.99. The fourth-order valence-corrected chi connectivity index (χ4v) is 2.57. The van der Waals surface area contributed by atoms with Gasteiger partial charge in [0, 0.05) is 11.3 Å². The lowest BCUT2D eigenvalue weighted by Crippen LogP contribution is -2.30. The summed E-state index contributed by atoms with van der Waals surface area (Å²) in [6.07, 6.45) is -1.06. The van der Waals surface area contributed by atoms with Crippen LogP contribution in [0.15, 0.2) is 71.1 Å². The van der Waals surface area contributed by atoms with Gasteiger partial charge in [0.25, 0.3) is 5.91 Å². The number of anilines is 1. The van der Waals surface area contributed by atoms with Crippen molar-refractivity contribution in [1.29, 1.82) is 0 Å². The van der Waals surface area contributed by atoms with Crippen molar-refractivity contribution in [2.45, 2.75) is 26.6 Å². The molecule has 1 heterocycles. The third-order valence-corrected chi connectivity index (χ3v) is 4.18. The summed E-state index contributed by atoms with van der Waals surface area (Å²) >= 11 is 0. The average Bonchev–Trinajstić information content (AvgIpc) is 3.22. The summed E-state index contributed by atoms with van der Waals surface area (Å²) in [5.41, 5.74) is 0.909. The first-order chi connectivity index (χ1) is 14.4. The largest absolute Gasteiger partial charge is 0.486 e. The van der Waals surface area contributed by atoms with E-state index in [-0.39, 0.29) is 18.2 Å². The lowest BCUT2D eigenvalue weighted by Gasteiger charge is -2.13. The van der Waals surface area contributed by atoms with Crippen LogP contribution in [0.3, 0.4) is 0 Å². The van der Waals surface area contributed by atoms with Crippen molar-refractivity contribution in [3.05, 3.63) is 83.8 Å². The molecule has 0 radical (unpaired) electrons. The van der Waals surface area contributed by atoms with Gasteiger partial charge in [-0.25, -0.2) is 4.79 Å². The molecule has 0 bridgehead atoms. The molecule has 1 aromatic heterocycles. The van der Waals surface area contributed by atoms with Gasteiger partial charge in [-0.05, 0) is 50.2 Å².